The van der Waals surface area contributed by atoms with E-state index in [-0.39, 0.29) is 35.6 Å². The van der Waals surface area contributed by atoms with Crippen LogP contribution in [0, 0.1) is 5.92 Å². The van der Waals surface area contributed by atoms with E-state index in [0.717, 1.165) is 5.56 Å². The van der Waals surface area contributed by atoms with Crippen LogP contribution in [-0.2, 0) is 25.3 Å². The van der Waals surface area contributed by atoms with Crippen molar-refractivity contribution < 1.29 is 23.8 Å². The molecule has 1 aromatic rings. The first kappa shape index (κ1) is 23.1. The quantitative estimate of drug-likeness (QED) is 0.513. The molecule has 1 aliphatic heterocycles. The molecular formula is C22H36O5Si. The molecule has 6 heteroatoms. The van der Waals surface area contributed by atoms with Crippen molar-refractivity contribution in [2.75, 3.05) is 6.61 Å². The maximum Gasteiger partial charge on any atom is 0.308 e. The summed E-state index contributed by atoms with van der Waals surface area (Å²) >= 11 is 0. The molecule has 0 bridgehead atoms. The Kier molecular flexibility index (Phi) is 7.85. The highest BCUT2D eigenvalue weighted by Crippen LogP contribution is 2.38. The summed E-state index contributed by atoms with van der Waals surface area (Å²) in [5.41, 5.74) is 1.11. The number of hydrogen-bond acceptors (Lipinski definition) is 5. The van der Waals surface area contributed by atoms with E-state index in [9.17, 15) is 9.90 Å². The average Bonchev–Trinajstić information content (AvgIpc) is 2.58. The van der Waals surface area contributed by atoms with Gasteiger partial charge in [-0.15, -0.1) is 0 Å². The lowest BCUT2D eigenvalue weighted by Crippen LogP contribution is -2.48. The second-order valence-corrected chi connectivity index (χ2v) is 14.2. The number of ether oxygens (including phenoxy) is 2. The second-order valence-electron chi connectivity index (χ2n) is 9.40. The van der Waals surface area contributed by atoms with Crippen LogP contribution in [0.15, 0.2) is 30.3 Å². The molecule has 1 aromatic carbocycles. The smallest absolute Gasteiger partial charge is 0.308 e. The number of hydrogen-bond donors (Lipinski definition) is 1. The van der Waals surface area contributed by atoms with Crippen molar-refractivity contribution in [1.82, 2.24) is 0 Å². The Morgan fingerprint density at radius 2 is 1.89 bits per heavy atom. The Morgan fingerprint density at radius 1 is 1.25 bits per heavy atom. The third-order valence-electron chi connectivity index (χ3n) is 6.03. The monoisotopic (exact) mass is 408 g/mol. The first-order chi connectivity index (χ1) is 13.0. The summed E-state index contributed by atoms with van der Waals surface area (Å²) in [7, 11) is -2.02. The number of carbonyl (C=O) groups is 1. The van der Waals surface area contributed by atoms with Crippen molar-refractivity contribution in [2.24, 2.45) is 5.92 Å². The summed E-state index contributed by atoms with van der Waals surface area (Å²) in [4.78, 5) is 11.8. The number of aliphatic hydroxyl groups is 1. The molecule has 0 saturated carbocycles. The second kappa shape index (κ2) is 9.52. The Balaban J connectivity index is 2.05. The molecule has 0 amide bonds. The van der Waals surface area contributed by atoms with Crippen LogP contribution in [0.2, 0.25) is 18.1 Å². The van der Waals surface area contributed by atoms with Crippen molar-refractivity contribution in [3.63, 3.8) is 0 Å². The van der Waals surface area contributed by atoms with E-state index in [1.54, 1.807) is 0 Å². The van der Waals surface area contributed by atoms with Gasteiger partial charge >= 0.3 is 5.97 Å². The van der Waals surface area contributed by atoms with Crippen LogP contribution in [-0.4, -0.2) is 44.3 Å². The zero-order valence-electron chi connectivity index (χ0n) is 18.1. The molecule has 158 valence electrons. The summed E-state index contributed by atoms with van der Waals surface area (Å²) in [6, 6.07) is 10.0. The van der Waals surface area contributed by atoms with E-state index >= 15 is 0 Å². The Labute approximate surface area is 170 Å². The van der Waals surface area contributed by atoms with Gasteiger partial charge in [0.1, 0.15) is 6.10 Å². The van der Waals surface area contributed by atoms with Gasteiger partial charge in [0.2, 0.25) is 0 Å². The summed E-state index contributed by atoms with van der Waals surface area (Å²) in [5, 5.41) is 10.2. The van der Waals surface area contributed by atoms with Gasteiger partial charge in [-0.2, -0.15) is 0 Å². The van der Waals surface area contributed by atoms with Gasteiger partial charge in [-0.1, -0.05) is 58.0 Å². The fraction of sp³-hybridized carbons (Fsp3) is 0.682. The summed E-state index contributed by atoms with van der Waals surface area (Å²) in [5.74, 6) is -0.454. The summed E-state index contributed by atoms with van der Waals surface area (Å²) in [6.45, 7) is 13.9. The standard InChI is InChI=1S/C22H36O5Si/c1-16-19(23)13-21(24)26-20(16)12-18(27-28(5,6)22(2,3)4)15-25-14-17-10-8-7-9-11-17/h7-11,16,18-20,23H,12-15H2,1-6H3/t16-,18+,19+,20+/m1/s1. The Hall–Kier alpha value is -1.21. The Morgan fingerprint density at radius 3 is 2.50 bits per heavy atom. The number of esters is 1. The van der Waals surface area contributed by atoms with Crippen molar-refractivity contribution in [3.05, 3.63) is 35.9 Å². The van der Waals surface area contributed by atoms with Gasteiger partial charge in [0.05, 0.1) is 31.8 Å². The average molecular weight is 409 g/mol. The molecule has 0 radical (unpaired) electrons. The predicted octanol–water partition coefficient (Wildman–Crippen LogP) is 4.30. The number of carbonyl (C=O) groups excluding carboxylic acids is 1. The molecule has 5 nitrogen and oxygen atoms in total. The molecule has 0 spiro atoms. The van der Waals surface area contributed by atoms with Crippen molar-refractivity contribution in [2.45, 2.75) is 83.6 Å². The predicted molar refractivity (Wildman–Crippen MR) is 112 cm³/mol. The number of aliphatic hydroxyl groups excluding tert-OH is 1. The zero-order chi connectivity index (χ0) is 20.9. The van der Waals surface area contributed by atoms with Gasteiger partial charge in [0.25, 0.3) is 0 Å². The fourth-order valence-corrected chi connectivity index (χ4v) is 4.43. The molecule has 1 saturated heterocycles. The maximum atomic E-state index is 11.8. The highest BCUT2D eigenvalue weighted by molar-refractivity contribution is 6.74. The molecule has 0 aliphatic carbocycles. The molecule has 2 rings (SSSR count). The van der Waals surface area contributed by atoms with Gasteiger partial charge < -0.3 is 19.0 Å². The lowest BCUT2D eigenvalue weighted by atomic mass is 9.90. The third kappa shape index (κ3) is 6.41. The van der Waals surface area contributed by atoms with Crippen LogP contribution in [0.3, 0.4) is 0 Å². The van der Waals surface area contributed by atoms with Gasteiger partial charge in [0.15, 0.2) is 8.32 Å². The third-order valence-corrected chi connectivity index (χ3v) is 10.6. The molecule has 1 fully saturated rings. The van der Waals surface area contributed by atoms with Crippen LogP contribution in [0.1, 0.15) is 46.1 Å². The Bertz CT molecular complexity index is 626. The van der Waals surface area contributed by atoms with Crippen LogP contribution in [0.4, 0.5) is 0 Å². The molecule has 1 heterocycles. The normalized spacial score (nSPS) is 24.7. The molecule has 1 aliphatic rings. The molecule has 0 unspecified atom stereocenters. The topological polar surface area (TPSA) is 65.0 Å². The molecule has 0 aromatic heterocycles. The van der Waals surface area contributed by atoms with Crippen molar-refractivity contribution >= 4 is 14.3 Å². The van der Waals surface area contributed by atoms with Crippen LogP contribution in [0.5, 0.6) is 0 Å². The van der Waals surface area contributed by atoms with Crippen molar-refractivity contribution in [1.29, 1.82) is 0 Å². The maximum absolute atomic E-state index is 11.8. The van der Waals surface area contributed by atoms with Gasteiger partial charge in [-0.3, -0.25) is 4.79 Å². The number of benzene rings is 1. The van der Waals surface area contributed by atoms with Crippen LogP contribution < -0.4 is 0 Å². The van der Waals surface area contributed by atoms with E-state index in [0.29, 0.717) is 19.6 Å². The van der Waals surface area contributed by atoms with Gasteiger partial charge in [0, 0.05) is 12.3 Å². The minimum absolute atomic E-state index is 0.0654. The van der Waals surface area contributed by atoms with Crippen LogP contribution >= 0.6 is 0 Å². The molecule has 28 heavy (non-hydrogen) atoms. The van der Waals surface area contributed by atoms with Gasteiger partial charge in [-0.25, -0.2) is 0 Å². The van der Waals surface area contributed by atoms with Crippen molar-refractivity contribution in [3.8, 4) is 0 Å². The zero-order valence-corrected chi connectivity index (χ0v) is 19.1. The lowest BCUT2D eigenvalue weighted by molar-refractivity contribution is -0.170. The largest absolute Gasteiger partial charge is 0.462 e. The minimum atomic E-state index is -2.02. The number of cyclic esters (lactones) is 1. The lowest BCUT2D eigenvalue weighted by Gasteiger charge is -2.41. The number of rotatable bonds is 8. The van der Waals surface area contributed by atoms with E-state index in [2.05, 4.69) is 33.9 Å². The first-order valence-electron chi connectivity index (χ1n) is 10.2. The fourth-order valence-electron chi connectivity index (χ4n) is 3.08. The molecule has 4 atom stereocenters. The first-order valence-corrected chi connectivity index (χ1v) is 13.1. The van der Waals surface area contributed by atoms with E-state index < -0.39 is 14.4 Å². The van der Waals surface area contributed by atoms with E-state index in [1.165, 1.54) is 0 Å². The minimum Gasteiger partial charge on any atom is -0.462 e. The highest BCUT2D eigenvalue weighted by Gasteiger charge is 2.41. The molecular weight excluding hydrogens is 372 g/mol. The van der Waals surface area contributed by atoms with E-state index in [4.69, 9.17) is 13.9 Å². The SMILES string of the molecule is C[C@H]1[C@H](C[C@@H](COCc2ccccc2)O[Si](C)(C)C(C)(C)C)OC(=O)C[C@@H]1O. The van der Waals surface area contributed by atoms with Crippen LogP contribution in [0.25, 0.3) is 0 Å². The molecule has 1 N–H and O–H groups in total. The van der Waals surface area contributed by atoms with E-state index in [1.807, 2.05) is 37.3 Å². The summed E-state index contributed by atoms with van der Waals surface area (Å²) in [6.07, 6.45) is -0.604. The summed E-state index contributed by atoms with van der Waals surface area (Å²) < 4.78 is 18.1. The highest BCUT2D eigenvalue weighted by atomic mass is 28.4. The van der Waals surface area contributed by atoms with Gasteiger partial charge in [-0.05, 0) is 23.7 Å².